The molecule has 0 amide bonds. The third kappa shape index (κ3) is 2.71. The summed E-state index contributed by atoms with van der Waals surface area (Å²) in [4.78, 5) is -2.00. The topological polar surface area (TPSA) is 77.4 Å². The minimum Gasteiger partial charge on any atom is -0.746 e. The van der Waals surface area contributed by atoms with Gasteiger partial charge in [-0.2, -0.15) is 0 Å². The molecule has 1 N–H and O–H groups in total. The Bertz CT molecular complexity index is 277. The van der Waals surface area contributed by atoms with Crippen molar-refractivity contribution in [3.8, 4) is 0 Å². The zero-order chi connectivity index (χ0) is 10.1. The van der Waals surface area contributed by atoms with E-state index >= 15 is 0 Å². The molecule has 2 unspecified atom stereocenters. The maximum absolute atomic E-state index is 10.9. The molecule has 0 bridgehead atoms. The van der Waals surface area contributed by atoms with Crippen LogP contribution in [0.1, 0.15) is 39.0 Å². The van der Waals surface area contributed by atoms with Gasteiger partial charge in [0.05, 0.1) is 0 Å². The van der Waals surface area contributed by atoms with Gasteiger partial charge in [0.15, 0.2) is 4.93 Å². The average Bonchev–Trinajstić information content (AvgIpc) is 2.03. The molecule has 1 rings (SSSR count). The van der Waals surface area contributed by atoms with E-state index in [1.54, 1.807) is 6.92 Å². The van der Waals surface area contributed by atoms with Gasteiger partial charge in [-0.1, -0.05) is 13.3 Å². The second-order valence-corrected chi connectivity index (χ2v) is 5.27. The van der Waals surface area contributed by atoms with E-state index in [1.165, 1.54) is 0 Å². The molecule has 0 aliphatic heterocycles. The summed E-state index contributed by atoms with van der Waals surface area (Å²) in [5.74, 6) is -0.385. The van der Waals surface area contributed by atoms with Crippen molar-refractivity contribution in [2.45, 2.75) is 44.0 Å². The summed E-state index contributed by atoms with van der Waals surface area (Å²) in [6.45, 7) is 1.80. The van der Waals surface area contributed by atoms with Crippen LogP contribution in [0.4, 0.5) is 0 Å². The Kier molecular flexibility index (Phi) is 5.60. The summed E-state index contributed by atoms with van der Waals surface area (Å²) < 4.78 is 32.6. The van der Waals surface area contributed by atoms with Crippen LogP contribution in [0.25, 0.3) is 0 Å². The molecule has 14 heavy (non-hydrogen) atoms. The molecule has 78 valence electrons. The van der Waals surface area contributed by atoms with Crippen molar-refractivity contribution >= 4 is 10.1 Å². The second-order valence-electron chi connectivity index (χ2n) is 3.65. The van der Waals surface area contributed by atoms with Crippen LogP contribution >= 0.6 is 0 Å². The molecule has 2 atom stereocenters. The van der Waals surface area contributed by atoms with Gasteiger partial charge < -0.3 is 9.66 Å². The van der Waals surface area contributed by atoms with E-state index in [4.69, 9.17) is 0 Å². The van der Waals surface area contributed by atoms with Crippen LogP contribution in [0, 0.1) is 5.92 Å². The van der Waals surface area contributed by atoms with Gasteiger partial charge in [-0.05, 0) is 25.7 Å². The standard InChI is InChI=1S/C8H16O4S.Na/c1-2-7-5-3-4-6-8(7,9)13(10,11)12;/h7,9H,2-6H2,1H3,(H,10,11,12);/q;+1/p-1. The SMILES string of the molecule is CCC1CCCCC1(O)S(=O)(=O)[O-].[Na+]. The molecule has 0 aromatic rings. The van der Waals surface area contributed by atoms with Crippen molar-refractivity contribution in [1.82, 2.24) is 0 Å². The van der Waals surface area contributed by atoms with Crippen molar-refractivity contribution in [1.29, 1.82) is 0 Å². The van der Waals surface area contributed by atoms with E-state index in [9.17, 15) is 18.1 Å². The van der Waals surface area contributed by atoms with Gasteiger partial charge in [-0.3, -0.25) is 0 Å². The molecule has 1 aliphatic carbocycles. The maximum Gasteiger partial charge on any atom is 1.00 e. The summed E-state index contributed by atoms with van der Waals surface area (Å²) >= 11 is 0. The van der Waals surface area contributed by atoms with Crippen LogP contribution in [-0.2, 0) is 10.1 Å². The Hall–Kier alpha value is 0.870. The summed E-state index contributed by atoms with van der Waals surface area (Å²) in [7, 11) is -4.58. The van der Waals surface area contributed by atoms with Crippen LogP contribution in [-0.4, -0.2) is 23.0 Å². The van der Waals surface area contributed by atoms with Gasteiger partial charge in [0.25, 0.3) is 0 Å². The third-order valence-electron chi connectivity index (χ3n) is 2.90. The third-order valence-corrected chi connectivity index (χ3v) is 4.30. The van der Waals surface area contributed by atoms with Gasteiger partial charge in [-0.25, -0.2) is 8.42 Å². The second kappa shape index (κ2) is 5.27. The predicted molar refractivity (Wildman–Crippen MR) is 46.9 cm³/mol. The van der Waals surface area contributed by atoms with Crippen molar-refractivity contribution < 1.29 is 47.6 Å². The summed E-state index contributed by atoms with van der Waals surface area (Å²) in [5, 5.41) is 9.77. The zero-order valence-corrected chi connectivity index (χ0v) is 11.5. The fourth-order valence-electron chi connectivity index (χ4n) is 2.05. The van der Waals surface area contributed by atoms with Crippen LogP contribution in [0.3, 0.4) is 0 Å². The molecule has 0 aromatic heterocycles. The molecular weight excluding hydrogens is 215 g/mol. The van der Waals surface area contributed by atoms with E-state index in [0.717, 1.165) is 6.42 Å². The first-order valence-electron chi connectivity index (χ1n) is 4.59. The van der Waals surface area contributed by atoms with Crippen LogP contribution < -0.4 is 29.6 Å². The van der Waals surface area contributed by atoms with E-state index in [2.05, 4.69) is 0 Å². The Morgan fingerprint density at radius 2 is 2.07 bits per heavy atom. The molecule has 1 saturated carbocycles. The summed E-state index contributed by atoms with van der Waals surface area (Å²) in [5.41, 5.74) is 0. The molecule has 0 spiro atoms. The average molecular weight is 230 g/mol. The molecule has 0 heterocycles. The van der Waals surface area contributed by atoms with Gasteiger partial charge >= 0.3 is 29.6 Å². The smallest absolute Gasteiger partial charge is 0.746 e. The first-order valence-corrected chi connectivity index (χ1v) is 6.00. The minimum absolute atomic E-state index is 0. The Morgan fingerprint density at radius 1 is 1.50 bits per heavy atom. The van der Waals surface area contributed by atoms with Crippen LogP contribution in [0.15, 0.2) is 0 Å². The summed E-state index contributed by atoms with van der Waals surface area (Å²) in [6.07, 6.45) is 2.79. The molecule has 1 aliphatic rings. The zero-order valence-electron chi connectivity index (χ0n) is 8.69. The number of hydrogen-bond acceptors (Lipinski definition) is 4. The fourth-order valence-corrected chi connectivity index (χ4v) is 3.14. The van der Waals surface area contributed by atoms with Crippen LogP contribution in [0.2, 0.25) is 0 Å². The van der Waals surface area contributed by atoms with Gasteiger partial charge in [0.2, 0.25) is 0 Å². The van der Waals surface area contributed by atoms with Crippen LogP contribution in [0.5, 0.6) is 0 Å². The van der Waals surface area contributed by atoms with Crippen molar-refractivity contribution in [2.75, 3.05) is 0 Å². The Labute approximate surface area is 107 Å². The maximum atomic E-state index is 10.9. The molecule has 6 heteroatoms. The van der Waals surface area contributed by atoms with Crippen molar-refractivity contribution in [2.24, 2.45) is 5.92 Å². The monoisotopic (exact) mass is 230 g/mol. The predicted octanol–water partition coefficient (Wildman–Crippen LogP) is -2.18. The van der Waals surface area contributed by atoms with Gasteiger partial charge in [0, 0.05) is 5.92 Å². The molecule has 0 aromatic carbocycles. The number of rotatable bonds is 2. The van der Waals surface area contributed by atoms with E-state index in [0.29, 0.717) is 19.3 Å². The molecular formula is C8H15NaO4S. The molecule has 4 nitrogen and oxygen atoms in total. The van der Waals surface area contributed by atoms with Gasteiger partial charge in [0.1, 0.15) is 10.1 Å². The summed E-state index contributed by atoms with van der Waals surface area (Å²) in [6, 6.07) is 0. The Balaban J connectivity index is 0.00000169. The normalized spacial score (nSPS) is 33.5. The molecule has 0 radical (unpaired) electrons. The number of hydrogen-bond donors (Lipinski definition) is 1. The van der Waals surface area contributed by atoms with E-state index in [-0.39, 0.29) is 41.9 Å². The fraction of sp³-hybridized carbons (Fsp3) is 1.00. The quantitative estimate of drug-likeness (QED) is 0.432. The minimum atomic E-state index is -4.58. The first-order chi connectivity index (χ1) is 5.92. The number of aliphatic hydroxyl groups is 1. The van der Waals surface area contributed by atoms with Gasteiger partial charge in [-0.15, -0.1) is 0 Å². The van der Waals surface area contributed by atoms with E-state index < -0.39 is 15.1 Å². The van der Waals surface area contributed by atoms with Crippen molar-refractivity contribution in [3.05, 3.63) is 0 Å². The van der Waals surface area contributed by atoms with Crippen molar-refractivity contribution in [3.63, 3.8) is 0 Å². The first kappa shape index (κ1) is 14.9. The molecule has 0 saturated heterocycles. The molecule has 1 fully saturated rings. The Morgan fingerprint density at radius 3 is 2.43 bits per heavy atom. The van der Waals surface area contributed by atoms with E-state index in [1.807, 2.05) is 0 Å². The largest absolute Gasteiger partial charge is 1.00 e.